The van der Waals surface area contributed by atoms with E-state index in [1.54, 1.807) is 12.1 Å². The zero-order valence-electron chi connectivity index (χ0n) is 18.7. The SMILES string of the molecule is Cc1ccc2c(c1)C(CC(=O)c1ccccc1)N(OCc1ccccc1)C(=O)C(C)(C)N2. The summed E-state index contributed by atoms with van der Waals surface area (Å²) in [6, 6.07) is 24.3. The van der Waals surface area contributed by atoms with Gasteiger partial charge in [0, 0.05) is 23.2 Å². The zero-order chi connectivity index (χ0) is 22.7. The molecule has 3 aromatic carbocycles. The van der Waals surface area contributed by atoms with Crippen molar-refractivity contribution in [2.24, 2.45) is 0 Å². The molecule has 4 rings (SSSR count). The number of ketones is 1. The van der Waals surface area contributed by atoms with Crippen molar-refractivity contribution in [3.8, 4) is 0 Å². The third-order valence-electron chi connectivity index (χ3n) is 5.72. The van der Waals surface area contributed by atoms with Gasteiger partial charge in [-0.1, -0.05) is 78.4 Å². The minimum absolute atomic E-state index is 0.0381. The van der Waals surface area contributed by atoms with Gasteiger partial charge in [0.1, 0.15) is 12.1 Å². The van der Waals surface area contributed by atoms with Crippen LogP contribution in [0.3, 0.4) is 0 Å². The second kappa shape index (κ2) is 8.97. The zero-order valence-corrected chi connectivity index (χ0v) is 18.7. The minimum atomic E-state index is -0.898. The highest BCUT2D eigenvalue weighted by atomic mass is 16.7. The number of hydrogen-bond acceptors (Lipinski definition) is 4. The molecule has 5 heteroatoms. The molecule has 1 N–H and O–H groups in total. The van der Waals surface area contributed by atoms with E-state index < -0.39 is 11.6 Å². The predicted octanol–water partition coefficient (Wildman–Crippen LogP) is 5.47. The van der Waals surface area contributed by atoms with Crippen LogP contribution in [-0.2, 0) is 16.2 Å². The van der Waals surface area contributed by atoms with Gasteiger partial charge in [-0.05, 0) is 32.4 Å². The molecule has 5 nitrogen and oxygen atoms in total. The Morgan fingerprint density at radius 1 is 1.00 bits per heavy atom. The first-order chi connectivity index (χ1) is 15.3. The monoisotopic (exact) mass is 428 g/mol. The quantitative estimate of drug-likeness (QED) is 0.529. The molecule has 1 aliphatic heterocycles. The van der Waals surface area contributed by atoms with E-state index in [1.807, 2.05) is 87.5 Å². The summed E-state index contributed by atoms with van der Waals surface area (Å²) in [5, 5.41) is 4.77. The van der Waals surface area contributed by atoms with Crippen molar-refractivity contribution >= 4 is 17.4 Å². The summed E-state index contributed by atoms with van der Waals surface area (Å²) in [4.78, 5) is 32.9. The maximum atomic E-state index is 13.6. The van der Waals surface area contributed by atoms with Crippen molar-refractivity contribution in [2.45, 2.75) is 45.4 Å². The molecule has 0 saturated heterocycles. The lowest BCUT2D eigenvalue weighted by atomic mass is 9.95. The third kappa shape index (κ3) is 4.58. The van der Waals surface area contributed by atoms with Crippen LogP contribution < -0.4 is 5.32 Å². The van der Waals surface area contributed by atoms with Gasteiger partial charge in [-0.25, -0.2) is 5.06 Å². The number of fused-ring (bicyclic) bond motifs is 1. The molecule has 1 atom stereocenters. The van der Waals surface area contributed by atoms with Crippen LogP contribution in [0.4, 0.5) is 5.69 Å². The highest BCUT2D eigenvalue weighted by molar-refractivity contribution is 5.97. The molecule has 1 unspecified atom stereocenters. The number of nitrogens with zero attached hydrogens (tertiary/aromatic N) is 1. The number of nitrogens with one attached hydrogen (secondary N) is 1. The van der Waals surface area contributed by atoms with Crippen molar-refractivity contribution in [1.82, 2.24) is 5.06 Å². The van der Waals surface area contributed by atoms with Gasteiger partial charge in [0.2, 0.25) is 0 Å². The molecule has 164 valence electrons. The van der Waals surface area contributed by atoms with E-state index in [0.717, 1.165) is 22.4 Å². The highest BCUT2D eigenvalue weighted by Crippen LogP contribution is 2.39. The van der Waals surface area contributed by atoms with E-state index in [1.165, 1.54) is 5.06 Å². The van der Waals surface area contributed by atoms with E-state index >= 15 is 0 Å². The maximum Gasteiger partial charge on any atom is 0.271 e. The largest absolute Gasteiger partial charge is 0.371 e. The van der Waals surface area contributed by atoms with Crippen molar-refractivity contribution < 1.29 is 14.4 Å². The first-order valence-corrected chi connectivity index (χ1v) is 10.8. The summed E-state index contributed by atoms with van der Waals surface area (Å²) >= 11 is 0. The molecule has 0 radical (unpaired) electrons. The molecule has 1 aliphatic rings. The number of aryl methyl sites for hydroxylation is 1. The second-order valence-corrected chi connectivity index (χ2v) is 8.74. The number of benzene rings is 3. The second-order valence-electron chi connectivity index (χ2n) is 8.74. The van der Waals surface area contributed by atoms with Crippen LogP contribution in [0, 0.1) is 6.92 Å². The fourth-order valence-electron chi connectivity index (χ4n) is 3.98. The summed E-state index contributed by atoms with van der Waals surface area (Å²) in [6.45, 7) is 5.90. The van der Waals surface area contributed by atoms with Gasteiger partial charge < -0.3 is 5.32 Å². The summed E-state index contributed by atoms with van der Waals surface area (Å²) in [6.07, 6.45) is 0.124. The number of rotatable bonds is 6. The standard InChI is InChI=1S/C27H28N2O3/c1-19-14-15-23-22(16-19)24(17-25(30)21-12-8-5-9-13-21)29(26(31)27(2,3)28-23)32-18-20-10-6-4-7-11-20/h4-16,24,28H,17-18H2,1-3H3. The van der Waals surface area contributed by atoms with Gasteiger partial charge >= 0.3 is 0 Å². The van der Waals surface area contributed by atoms with Crippen molar-refractivity contribution in [1.29, 1.82) is 0 Å². The summed E-state index contributed by atoms with van der Waals surface area (Å²) < 4.78 is 0. The van der Waals surface area contributed by atoms with Gasteiger partial charge in [0.25, 0.3) is 5.91 Å². The number of amides is 1. The van der Waals surface area contributed by atoms with Crippen molar-refractivity contribution in [2.75, 3.05) is 5.32 Å². The Kier molecular flexibility index (Phi) is 6.10. The van der Waals surface area contributed by atoms with Gasteiger partial charge in [0.15, 0.2) is 5.78 Å². The van der Waals surface area contributed by atoms with E-state index in [4.69, 9.17) is 4.84 Å². The van der Waals surface area contributed by atoms with E-state index in [9.17, 15) is 9.59 Å². The van der Waals surface area contributed by atoms with Crippen molar-refractivity contribution in [3.63, 3.8) is 0 Å². The molecule has 0 fully saturated rings. The van der Waals surface area contributed by atoms with Crippen LogP contribution in [-0.4, -0.2) is 22.3 Å². The average Bonchev–Trinajstić information content (AvgIpc) is 2.87. The molecule has 0 saturated carbocycles. The average molecular weight is 429 g/mol. The Balaban J connectivity index is 1.74. The molecule has 1 heterocycles. The number of carbonyl (C=O) groups excluding carboxylic acids is 2. The Morgan fingerprint density at radius 2 is 1.66 bits per heavy atom. The minimum Gasteiger partial charge on any atom is -0.371 e. The van der Waals surface area contributed by atoms with Crippen LogP contribution in [0.15, 0.2) is 78.9 Å². The first-order valence-electron chi connectivity index (χ1n) is 10.8. The fraction of sp³-hybridized carbons (Fsp3) is 0.259. The van der Waals surface area contributed by atoms with Crippen molar-refractivity contribution in [3.05, 3.63) is 101 Å². The lowest BCUT2D eigenvalue weighted by Gasteiger charge is -2.33. The number of anilines is 1. The Labute approximate surface area is 189 Å². The molecule has 0 bridgehead atoms. The first kappa shape index (κ1) is 21.8. The fourth-order valence-corrected chi connectivity index (χ4v) is 3.98. The normalized spacial score (nSPS) is 17.3. The lowest BCUT2D eigenvalue weighted by molar-refractivity contribution is -0.209. The summed E-state index contributed by atoms with van der Waals surface area (Å²) in [5.41, 5.74) is 3.44. The smallest absolute Gasteiger partial charge is 0.271 e. The van der Waals surface area contributed by atoms with E-state index in [2.05, 4.69) is 5.32 Å². The Bertz CT molecular complexity index is 1110. The van der Waals surface area contributed by atoms with Gasteiger partial charge in [-0.2, -0.15) is 0 Å². The topological polar surface area (TPSA) is 58.6 Å². The number of carbonyl (C=O) groups is 2. The molecule has 3 aromatic rings. The van der Waals surface area contributed by atoms with Gasteiger partial charge in [-0.15, -0.1) is 0 Å². The number of hydroxylamine groups is 2. The molecule has 1 amide bonds. The summed E-state index contributed by atoms with van der Waals surface area (Å²) in [7, 11) is 0. The molecule has 0 aliphatic carbocycles. The number of hydrogen-bond donors (Lipinski definition) is 1. The van der Waals surface area contributed by atoms with Gasteiger partial charge in [-0.3, -0.25) is 14.4 Å². The predicted molar refractivity (Wildman–Crippen MR) is 125 cm³/mol. The molecule has 0 aromatic heterocycles. The van der Waals surface area contributed by atoms with Crippen LogP contribution in [0.1, 0.15) is 53.4 Å². The molecular formula is C27H28N2O3. The molecule has 32 heavy (non-hydrogen) atoms. The summed E-state index contributed by atoms with van der Waals surface area (Å²) in [5.74, 6) is -0.253. The Morgan fingerprint density at radius 3 is 2.34 bits per heavy atom. The van der Waals surface area contributed by atoms with E-state index in [-0.39, 0.29) is 24.7 Å². The maximum absolute atomic E-state index is 13.6. The van der Waals surface area contributed by atoms with Crippen LogP contribution in [0.2, 0.25) is 0 Å². The van der Waals surface area contributed by atoms with E-state index in [0.29, 0.717) is 5.56 Å². The Hall–Kier alpha value is -3.44. The molecule has 0 spiro atoms. The molecular weight excluding hydrogens is 400 g/mol. The lowest BCUT2D eigenvalue weighted by Crippen LogP contribution is -2.49. The number of Topliss-reactive ketones (excluding diaryl/α,β-unsaturated/α-hetero) is 1. The van der Waals surface area contributed by atoms with Gasteiger partial charge in [0.05, 0.1) is 6.04 Å². The van der Waals surface area contributed by atoms with Crippen LogP contribution >= 0.6 is 0 Å². The van der Waals surface area contributed by atoms with Crippen LogP contribution in [0.5, 0.6) is 0 Å². The highest BCUT2D eigenvalue weighted by Gasteiger charge is 2.42. The third-order valence-corrected chi connectivity index (χ3v) is 5.72. The van der Waals surface area contributed by atoms with Crippen LogP contribution in [0.25, 0.3) is 0 Å².